The van der Waals surface area contributed by atoms with E-state index in [1.54, 1.807) is 57.0 Å². The minimum atomic E-state index is -3.68. The molecule has 154 valence electrons. The first-order valence-electron chi connectivity index (χ1n) is 9.51. The molecule has 0 unspecified atom stereocenters. The van der Waals surface area contributed by atoms with Gasteiger partial charge in [-0.25, -0.2) is 13.1 Å². The summed E-state index contributed by atoms with van der Waals surface area (Å²) in [7, 11) is -2.19. The van der Waals surface area contributed by atoms with Gasteiger partial charge < -0.3 is 4.74 Å². The van der Waals surface area contributed by atoms with Crippen LogP contribution in [0.3, 0.4) is 0 Å². The van der Waals surface area contributed by atoms with E-state index in [0.29, 0.717) is 31.1 Å². The standard InChI is InChI=1S/C20H24N4O3S2/c1-27-19-7-6-17(24-11-3-8-21-24)15-20(19)29(25,26)23-10-4-9-22(12-13-23)16-18-5-2-14-28-18/h2-3,5-8,11,14-15H,4,9-10,12-13,16H2,1H3. The van der Waals surface area contributed by atoms with Crippen LogP contribution >= 0.6 is 11.3 Å². The number of ether oxygens (including phenoxy) is 1. The van der Waals surface area contributed by atoms with Crippen molar-refractivity contribution in [2.45, 2.75) is 17.9 Å². The van der Waals surface area contributed by atoms with Crippen LogP contribution in [0.2, 0.25) is 0 Å². The van der Waals surface area contributed by atoms with Crippen molar-refractivity contribution in [1.82, 2.24) is 19.0 Å². The molecular formula is C20H24N4O3S2. The number of methoxy groups -OCH3 is 1. The van der Waals surface area contributed by atoms with Crippen molar-refractivity contribution >= 4 is 21.4 Å². The molecule has 1 aliphatic rings. The van der Waals surface area contributed by atoms with Crippen LogP contribution in [0.25, 0.3) is 5.69 Å². The van der Waals surface area contributed by atoms with E-state index in [0.717, 1.165) is 19.5 Å². The summed E-state index contributed by atoms with van der Waals surface area (Å²) in [5, 5.41) is 6.27. The largest absolute Gasteiger partial charge is 0.495 e. The molecule has 0 bridgehead atoms. The molecule has 1 aliphatic heterocycles. The molecule has 3 heterocycles. The maximum absolute atomic E-state index is 13.5. The second-order valence-corrected chi connectivity index (χ2v) is 9.84. The third-order valence-electron chi connectivity index (χ3n) is 5.04. The summed E-state index contributed by atoms with van der Waals surface area (Å²) in [5.74, 6) is 0.348. The molecule has 0 N–H and O–H groups in total. The number of sulfonamides is 1. The van der Waals surface area contributed by atoms with Crippen LogP contribution in [-0.4, -0.2) is 60.7 Å². The van der Waals surface area contributed by atoms with Crippen molar-refractivity contribution in [2.24, 2.45) is 0 Å². The third-order valence-corrected chi connectivity index (χ3v) is 7.82. The lowest BCUT2D eigenvalue weighted by atomic mass is 10.3. The zero-order valence-electron chi connectivity index (χ0n) is 16.3. The SMILES string of the molecule is COc1ccc(-n2cccn2)cc1S(=O)(=O)N1CCCN(Cc2cccs2)CC1. The fraction of sp³-hybridized carbons (Fsp3) is 0.350. The first kappa shape index (κ1) is 20.1. The smallest absolute Gasteiger partial charge is 0.246 e. The summed E-state index contributed by atoms with van der Waals surface area (Å²) in [6.45, 7) is 3.41. The molecule has 1 saturated heterocycles. The van der Waals surface area contributed by atoms with Gasteiger partial charge in [-0.3, -0.25) is 4.90 Å². The number of nitrogens with zero attached hydrogens (tertiary/aromatic N) is 4. The quantitative estimate of drug-likeness (QED) is 0.599. The molecule has 4 rings (SSSR count). The molecule has 1 aromatic carbocycles. The molecule has 29 heavy (non-hydrogen) atoms. The summed E-state index contributed by atoms with van der Waals surface area (Å²) in [6.07, 6.45) is 4.24. The number of aromatic nitrogens is 2. The van der Waals surface area contributed by atoms with Gasteiger partial charge in [-0.05, 0) is 48.7 Å². The van der Waals surface area contributed by atoms with Gasteiger partial charge >= 0.3 is 0 Å². The van der Waals surface area contributed by atoms with E-state index in [-0.39, 0.29) is 4.90 Å². The zero-order chi connectivity index (χ0) is 20.3. The van der Waals surface area contributed by atoms with Crippen LogP contribution in [0.15, 0.2) is 59.1 Å². The molecule has 0 aliphatic carbocycles. The molecule has 9 heteroatoms. The minimum Gasteiger partial charge on any atom is -0.495 e. The maximum atomic E-state index is 13.5. The van der Waals surface area contributed by atoms with Crippen LogP contribution in [0.1, 0.15) is 11.3 Å². The Hall–Kier alpha value is -2.20. The van der Waals surface area contributed by atoms with Gasteiger partial charge in [-0.2, -0.15) is 9.40 Å². The second kappa shape index (κ2) is 8.66. The highest BCUT2D eigenvalue weighted by atomic mass is 32.2. The van der Waals surface area contributed by atoms with Gasteiger partial charge in [-0.15, -0.1) is 11.3 Å². The van der Waals surface area contributed by atoms with E-state index in [2.05, 4.69) is 21.4 Å². The van der Waals surface area contributed by atoms with Gasteiger partial charge in [0, 0.05) is 43.4 Å². The van der Waals surface area contributed by atoms with Gasteiger partial charge in [0.15, 0.2) is 0 Å². The van der Waals surface area contributed by atoms with E-state index < -0.39 is 10.0 Å². The first-order chi connectivity index (χ1) is 14.1. The Morgan fingerprint density at radius 2 is 2.03 bits per heavy atom. The Bertz CT molecular complexity index is 1030. The monoisotopic (exact) mass is 432 g/mol. The topological polar surface area (TPSA) is 67.7 Å². The molecule has 0 spiro atoms. The normalized spacial score (nSPS) is 16.6. The molecule has 0 saturated carbocycles. The second-order valence-electron chi connectivity index (χ2n) is 6.90. The van der Waals surface area contributed by atoms with Crippen molar-refractivity contribution in [2.75, 3.05) is 33.3 Å². The lowest BCUT2D eigenvalue weighted by Gasteiger charge is -2.22. The Morgan fingerprint density at radius 1 is 1.14 bits per heavy atom. The summed E-state index contributed by atoms with van der Waals surface area (Å²) >= 11 is 1.73. The number of hydrogen-bond donors (Lipinski definition) is 0. The fourth-order valence-electron chi connectivity index (χ4n) is 3.54. The predicted molar refractivity (Wildman–Crippen MR) is 113 cm³/mol. The molecular weight excluding hydrogens is 408 g/mol. The van der Waals surface area contributed by atoms with Crippen LogP contribution in [0.5, 0.6) is 5.75 Å². The van der Waals surface area contributed by atoms with Crippen LogP contribution in [0.4, 0.5) is 0 Å². The number of rotatable bonds is 6. The van der Waals surface area contributed by atoms with Crippen LogP contribution in [0, 0.1) is 0 Å². The van der Waals surface area contributed by atoms with E-state index in [9.17, 15) is 8.42 Å². The van der Waals surface area contributed by atoms with E-state index in [1.165, 1.54) is 12.0 Å². The minimum absolute atomic E-state index is 0.180. The highest BCUT2D eigenvalue weighted by Gasteiger charge is 2.30. The molecule has 0 radical (unpaired) electrons. The molecule has 1 fully saturated rings. The highest BCUT2D eigenvalue weighted by molar-refractivity contribution is 7.89. The van der Waals surface area contributed by atoms with Crippen molar-refractivity contribution in [3.8, 4) is 11.4 Å². The lowest BCUT2D eigenvalue weighted by Crippen LogP contribution is -2.35. The molecule has 7 nitrogen and oxygen atoms in total. The number of benzene rings is 1. The Morgan fingerprint density at radius 3 is 2.76 bits per heavy atom. The molecule has 0 atom stereocenters. The van der Waals surface area contributed by atoms with Crippen LogP contribution < -0.4 is 4.74 Å². The van der Waals surface area contributed by atoms with Crippen molar-refractivity contribution < 1.29 is 13.2 Å². The van der Waals surface area contributed by atoms with Crippen LogP contribution in [-0.2, 0) is 16.6 Å². The van der Waals surface area contributed by atoms with Gasteiger partial charge in [0.05, 0.1) is 12.8 Å². The summed E-state index contributed by atoms with van der Waals surface area (Å²) in [4.78, 5) is 3.80. The maximum Gasteiger partial charge on any atom is 0.246 e. The molecule has 0 amide bonds. The fourth-order valence-corrected chi connectivity index (χ4v) is 5.93. The van der Waals surface area contributed by atoms with Gasteiger partial charge in [0.1, 0.15) is 10.6 Å². The Kier molecular flexibility index (Phi) is 6.00. The highest BCUT2D eigenvalue weighted by Crippen LogP contribution is 2.29. The summed E-state index contributed by atoms with van der Waals surface area (Å²) in [6, 6.07) is 11.1. The van der Waals surface area contributed by atoms with E-state index in [4.69, 9.17) is 4.74 Å². The average Bonchev–Trinajstić information content (AvgIpc) is 3.39. The number of thiophene rings is 1. The van der Waals surface area contributed by atoms with Crippen molar-refractivity contribution in [1.29, 1.82) is 0 Å². The van der Waals surface area contributed by atoms with Crippen molar-refractivity contribution in [3.05, 3.63) is 59.0 Å². The van der Waals surface area contributed by atoms with E-state index in [1.807, 2.05) is 6.07 Å². The van der Waals surface area contributed by atoms with E-state index >= 15 is 0 Å². The van der Waals surface area contributed by atoms with Crippen molar-refractivity contribution in [3.63, 3.8) is 0 Å². The van der Waals surface area contributed by atoms with Gasteiger partial charge in [-0.1, -0.05) is 6.07 Å². The summed E-state index contributed by atoms with van der Waals surface area (Å²) < 4.78 is 35.5. The lowest BCUT2D eigenvalue weighted by molar-refractivity contribution is 0.281. The zero-order valence-corrected chi connectivity index (χ0v) is 17.9. The molecule has 2 aromatic heterocycles. The summed E-state index contributed by atoms with van der Waals surface area (Å²) in [5.41, 5.74) is 0.684. The number of hydrogen-bond acceptors (Lipinski definition) is 6. The Balaban J connectivity index is 1.57. The van der Waals surface area contributed by atoms with Gasteiger partial charge in [0.25, 0.3) is 0 Å². The average molecular weight is 433 g/mol. The predicted octanol–water partition coefficient (Wildman–Crippen LogP) is 2.84. The van der Waals surface area contributed by atoms with Gasteiger partial charge in [0.2, 0.25) is 10.0 Å². The third kappa shape index (κ3) is 4.37. The Labute approximate surface area is 175 Å². The first-order valence-corrected chi connectivity index (χ1v) is 11.8. The molecule has 3 aromatic rings.